The lowest BCUT2D eigenvalue weighted by atomic mass is 9.87. The maximum atomic E-state index is 14.9. The first-order valence-electron chi connectivity index (χ1n) is 17.8. The van der Waals surface area contributed by atoms with Crippen molar-refractivity contribution >= 4 is 16.1 Å². The highest BCUT2D eigenvalue weighted by Gasteiger charge is 2.56. The number of aryl methyl sites for hydroxylation is 2. The first kappa shape index (κ1) is 41.8. The van der Waals surface area contributed by atoms with Crippen LogP contribution in [0, 0.1) is 20.4 Å². The predicted molar refractivity (Wildman–Crippen MR) is 196 cm³/mol. The van der Waals surface area contributed by atoms with Gasteiger partial charge in [-0.1, -0.05) is 41.5 Å². The lowest BCUT2D eigenvalue weighted by Gasteiger charge is -2.44. The average molecular weight is 768 g/mol. The van der Waals surface area contributed by atoms with E-state index in [2.05, 4.69) is 48.7 Å². The minimum Gasteiger partial charge on any atom is -0.411 e. The highest BCUT2D eigenvalue weighted by molar-refractivity contribution is 7.48. The number of aromatic amines is 2. The first-order chi connectivity index (χ1) is 24.2. The molecule has 0 aromatic carbocycles. The SMILES string of the molecule is [C-]#[N+]CCOP(=O)(O[C@@H]1C[C@H](n2cc(C)c(=O)[nH]c2=O)O[C@@H]1CC)OC(CC)(CC)[C@H]1O[C@@H](n2cc(C)c(=O)[nH]c2=O)C[C@H]1O[Si](C)(C)C(C)(C)C. The molecular weight excluding hydrogens is 713 g/mol. The normalized spacial score (nSPS) is 25.2. The Labute approximate surface area is 304 Å². The van der Waals surface area contributed by atoms with Gasteiger partial charge in [0.05, 0.1) is 18.3 Å². The standard InChI is InChI=1S/C34H54N5O11PSi/c1-12-23-24(17-26(46-23)38-19-21(4)29(40)36-31(38)42)48-51(44,45-16-15-35-9)50-34(13-2,14-3)28-25(49-52(10,11)33(6,7)8)18-27(47-28)39-20-22(5)30(41)37-32(39)43/h19-20,23-28H,12-18H2,1-8,10-11H3,(H,36,40,42)(H,37,41,43)/t23-,24-,25-,26-,27-,28+,51?/m1/s1. The fourth-order valence-electron chi connectivity index (χ4n) is 6.38. The summed E-state index contributed by atoms with van der Waals surface area (Å²) in [6.07, 6.45) is -0.521. The summed E-state index contributed by atoms with van der Waals surface area (Å²) in [7, 11) is -7.01. The lowest BCUT2D eigenvalue weighted by molar-refractivity contribution is -0.142. The van der Waals surface area contributed by atoms with Crippen molar-refractivity contribution in [3.63, 3.8) is 0 Å². The number of phosphoric ester groups is 1. The summed E-state index contributed by atoms with van der Waals surface area (Å²) in [5, 5.41) is -0.190. The van der Waals surface area contributed by atoms with Crippen LogP contribution in [-0.4, -0.2) is 70.6 Å². The molecule has 18 heteroatoms. The van der Waals surface area contributed by atoms with Crippen LogP contribution in [0.3, 0.4) is 0 Å². The Morgan fingerprint density at radius 3 is 1.92 bits per heavy atom. The summed E-state index contributed by atoms with van der Waals surface area (Å²) >= 11 is 0. The summed E-state index contributed by atoms with van der Waals surface area (Å²) in [5.41, 5.74) is -2.99. The Balaban J connectivity index is 1.74. The van der Waals surface area contributed by atoms with Gasteiger partial charge in [0, 0.05) is 36.4 Å². The van der Waals surface area contributed by atoms with Crippen LogP contribution in [0.15, 0.2) is 31.6 Å². The van der Waals surface area contributed by atoms with Crippen LogP contribution in [0.25, 0.3) is 4.85 Å². The van der Waals surface area contributed by atoms with Gasteiger partial charge in [-0.25, -0.2) is 20.7 Å². The minimum atomic E-state index is -4.54. The molecule has 0 aliphatic carbocycles. The molecule has 2 aliphatic heterocycles. The minimum absolute atomic E-state index is 0.0856. The molecule has 2 aliphatic rings. The van der Waals surface area contributed by atoms with Crippen molar-refractivity contribution in [3.05, 3.63) is 76.6 Å². The van der Waals surface area contributed by atoms with Crippen LogP contribution in [0.5, 0.6) is 0 Å². The number of hydrogen-bond donors (Lipinski definition) is 2. The summed E-state index contributed by atoms with van der Waals surface area (Å²) in [6.45, 7) is 26.2. The fraction of sp³-hybridized carbons (Fsp3) is 0.735. The molecule has 16 nitrogen and oxygen atoms in total. The quantitative estimate of drug-likeness (QED) is 0.107. The number of H-pyrrole nitrogens is 2. The molecule has 0 spiro atoms. The Morgan fingerprint density at radius 1 is 0.923 bits per heavy atom. The van der Waals surface area contributed by atoms with Gasteiger partial charge in [0.2, 0.25) is 6.54 Å². The summed E-state index contributed by atoms with van der Waals surface area (Å²) < 4.78 is 56.0. The van der Waals surface area contributed by atoms with Gasteiger partial charge in [-0.3, -0.25) is 42.3 Å². The van der Waals surface area contributed by atoms with E-state index in [4.69, 9.17) is 34.0 Å². The lowest BCUT2D eigenvalue weighted by Crippen LogP contribution is -2.53. The number of nitrogens with one attached hydrogen (secondary N) is 2. The van der Waals surface area contributed by atoms with Crippen molar-refractivity contribution in [3.8, 4) is 0 Å². The molecule has 0 radical (unpaired) electrons. The number of nitrogens with zero attached hydrogens (tertiary/aromatic N) is 3. The Hall–Kier alpha value is -2.94. The molecule has 2 aromatic rings. The van der Waals surface area contributed by atoms with Gasteiger partial charge >= 0.3 is 19.2 Å². The zero-order valence-electron chi connectivity index (χ0n) is 31.8. The molecule has 2 N–H and O–H groups in total. The number of ether oxygens (including phenoxy) is 2. The van der Waals surface area contributed by atoms with Crippen LogP contribution < -0.4 is 22.5 Å². The maximum absolute atomic E-state index is 14.9. The molecular formula is C34H54N5O11PSi. The van der Waals surface area contributed by atoms with Gasteiger partial charge in [0.1, 0.15) is 30.8 Å². The molecule has 1 unspecified atom stereocenters. The van der Waals surface area contributed by atoms with Gasteiger partial charge in [0.25, 0.3) is 11.1 Å². The van der Waals surface area contributed by atoms with Crippen LogP contribution in [0.1, 0.15) is 97.2 Å². The van der Waals surface area contributed by atoms with Crippen LogP contribution in [0.2, 0.25) is 18.1 Å². The van der Waals surface area contributed by atoms with E-state index in [0.717, 1.165) is 0 Å². The van der Waals surface area contributed by atoms with Crippen LogP contribution >= 0.6 is 7.82 Å². The summed E-state index contributed by atoms with van der Waals surface area (Å²) in [5.74, 6) is 0. The van der Waals surface area contributed by atoms with E-state index in [1.165, 1.54) is 21.5 Å². The smallest absolute Gasteiger partial charge is 0.411 e. The fourth-order valence-corrected chi connectivity index (χ4v) is 9.54. The second kappa shape index (κ2) is 16.2. The number of rotatable bonds is 15. The topological polar surface area (TPSA) is 187 Å². The van der Waals surface area contributed by atoms with E-state index in [1.807, 2.05) is 20.8 Å². The Bertz CT molecular complexity index is 1900. The highest BCUT2D eigenvalue weighted by atomic mass is 31.2. The number of phosphoric acid groups is 1. The molecule has 4 rings (SSSR count). The van der Waals surface area contributed by atoms with Crippen LogP contribution in [0.4, 0.5) is 0 Å². The third-order valence-electron chi connectivity index (χ3n) is 10.5. The molecule has 52 heavy (non-hydrogen) atoms. The van der Waals surface area contributed by atoms with Crippen molar-refractivity contribution < 1.29 is 32.0 Å². The second-order valence-corrected chi connectivity index (χ2v) is 21.4. The zero-order chi connectivity index (χ0) is 38.8. The average Bonchev–Trinajstić information content (AvgIpc) is 3.66. The third-order valence-corrected chi connectivity index (χ3v) is 16.7. The summed E-state index contributed by atoms with van der Waals surface area (Å²) in [6, 6.07) is 0. The zero-order valence-corrected chi connectivity index (χ0v) is 33.7. The number of aromatic nitrogens is 4. The predicted octanol–water partition coefficient (Wildman–Crippen LogP) is 5.08. The van der Waals surface area contributed by atoms with Crippen molar-refractivity contribution in [2.75, 3.05) is 13.2 Å². The van der Waals surface area contributed by atoms with Crippen molar-refractivity contribution in [2.45, 2.75) is 148 Å². The molecule has 0 amide bonds. The van der Waals surface area contributed by atoms with Gasteiger partial charge in [0.15, 0.2) is 8.32 Å². The van der Waals surface area contributed by atoms with Gasteiger partial charge in [-0.05, 0) is 51.2 Å². The monoisotopic (exact) mass is 767 g/mol. The number of hydrogen-bond acceptors (Lipinski definition) is 11. The van der Waals surface area contributed by atoms with Crippen molar-refractivity contribution in [2.24, 2.45) is 0 Å². The molecule has 2 saturated heterocycles. The Morgan fingerprint density at radius 2 is 1.44 bits per heavy atom. The van der Waals surface area contributed by atoms with Crippen molar-refractivity contribution in [1.82, 2.24) is 19.1 Å². The van der Waals surface area contributed by atoms with E-state index in [0.29, 0.717) is 17.5 Å². The molecule has 7 atom stereocenters. The molecule has 2 aromatic heterocycles. The van der Waals surface area contributed by atoms with Gasteiger partial charge in [-0.2, -0.15) is 0 Å². The van der Waals surface area contributed by atoms with Crippen molar-refractivity contribution in [1.29, 1.82) is 0 Å². The van der Waals surface area contributed by atoms with Gasteiger partial charge < -0.3 is 18.7 Å². The van der Waals surface area contributed by atoms with E-state index in [9.17, 15) is 23.7 Å². The third kappa shape index (κ3) is 8.87. The van der Waals surface area contributed by atoms with E-state index in [1.54, 1.807) is 13.8 Å². The molecule has 2 fully saturated rings. The molecule has 0 bridgehead atoms. The maximum Gasteiger partial charge on any atom is 0.476 e. The highest BCUT2D eigenvalue weighted by Crippen LogP contribution is 2.59. The van der Waals surface area contributed by atoms with Crippen LogP contribution in [-0.2, 0) is 32.0 Å². The first-order valence-corrected chi connectivity index (χ1v) is 22.2. The van der Waals surface area contributed by atoms with E-state index >= 15 is 0 Å². The summed E-state index contributed by atoms with van der Waals surface area (Å²) in [4.78, 5) is 58.0. The van der Waals surface area contributed by atoms with Gasteiger partial charge in [-0.15, -0.1) is 0 Å². The van der Waals surface area contributed by atoms with E-state index < -0.39 is 81.1 Å². The molecule has 4 heterocycles. The molecule has 0 saturated carbocycles. The molecule has 290 valence electrons. The Kier molecular flexibility index (Phi) is 13.0. The largest absolute Gasteiger partial charge is 0.476 e. The van der Waals surface area contributed by atoms with E-state index in [-0.39, 0.29) is 43.9 Å². The second-order valence-electron chi connectivity index (χ2n) is 15.1.